The molecule has 114 valence electrons. The first-order chi connectivity index (χ1) is 10.6. The van der Waals surface area contributed by atoms with Crippen molar-refractivity contribution < 1.29 is 14.0 Å². The van der Waals surface area contributed by atoms with Crippen LogP contribution < -0.4 is 5.32 Å². The minimum atomic E-state index is -0.324. The van der Waals surface area contributed by atoms with E-state index in [2.05, 4.69) is 5.32 Å². The molecule has 1 aliphatic heterocycles. The molecule has 2 unspecified atom stereocenters. The molecule has 2 atom stereocenters. The maximum atomic E-state index is 13.1. The number of nitrogens with zero attached hydrogens (tertiary/aromatic N) is 1. The fraction of sp³-hybridized carbons (Fsp3) is 0.250. The van der Waals surface area contributed by atoms with Crippen LogP contribution in [-0.2, 0) is 4.79 Å². The number of likely N-dealkylation sites (N-methyl/N-ethyl adjacent to an activating group) is 1. The van der Waals surface area contributed by atoms with Gasteiger partial charge in [-0.3, -0.25) is 9.59 Å². The van der Waals surface area contributed by atoms with Gasteiger partial charge in [-0.05, 0) is 29.1 Å². The van der Waals surface area contributed by atoms with E-state index < -0.39 is 0 Å². The van der Waals surface area contributed by atoms with E-state index in [0.717, 1.165) is 5.56 Å². The van der Waals surface area contributed by atoms with E-state index in [1.807, 2.05) is 11.4 Å². The largest absolute Gasteiger partial charge is 0.346 e. The van der Waals surface area contributed by atoms with Gasteiger partial charge in [-0.25, -0.2) is 4.39 Å². The standard InChI is InChI=1S/C16H15FN2O2S/c1-19-14(20)9-12(18-16(21)13-3-2-8-22-13)15(19)10-4-6-11(17)7-5-10/h2-8,12,15H,9H2,1H3,(H,18,21). The summed E-state index contributed by atoms with van der Waals surface area (Å²) in [5, 5.41) is 4.75. The fourth-order valence-corrected chi connectivity index (χ4v) is 3.39. The van der Waals surface area contributed by atoms with Crippen LogP contribution in [0.15, 0.2) is 41.8 Å². The number of benzene rings is 1. The molecule has 0 saturated carbocycles. The van der Waals surface area contributed by atoms with E-state index in [0.29, 0.717) is 4.88 Å². The second kappa shape index (κ2) is 5.88. The third kappa shape index (κ3) is 2.74. The smallest absolute Gasteiger partial charge is 0.261 e. The highest BCUT2D eigenvalue weighted by Gasteiger charge is 2.39. The van der Waals surface area contributed by atoms with Gasteiger partial charge in [0.2, 0.25) is 5.91 Å². The van der Waals surface area contributed by atoms with E-state index in [-0.39, 0.29) is 36.1 Å². The fourth-order valence-electron chi connectivity index (χ4n) is 2.76. The highest BCUT2D eigenvalue weighted by atomic mass is 32.1. The molecule has 6 heteroatoms. The summed E-state index contributed by atoms with van der Waals surface area (Å²) in [4.78, 5) is 26.4. The van der Waals surface area contributed by atoms with Crippen molar-refractivity contribution in [2.45, 2.75) is 18.5 Å². The number of carbonyl (C=O) groups is 2. The van der Waals surface area contributed by atoms with Gasteiger partial charge in [0.1, 0.15) is 5.82 Å². The number of amides is 2. The number of nitrogens with one attached hydrogen (secondary N) is 1. The molecule has 1 N–H and O–H groups in total. The van der Waals surface area contributed by atoms with Gasteiger partial charge in [0, 0.05) is 13.5 Å². The summed E-state index contributed by atoms with van der Waals surface area (Å²) >= 11 is 1.35. The molecule has 0 aliphatic carbocycles. The predicted molar refractivity (Wildman–Crippen MR) is 82.1 cm³/mol. The zero-order valence-electron chi connectivity index (χ0n) is 12.0. The summed E-state index contributed by atoms with van der Waals surface area (Å²) in [5.74, 6) is -0.545. The van der Waals surface area contributed by atoms with Crippen LogP contribution in [0.2, 0.25) is 0 Å². The minimum Gasteiger partial charge on any atom is -0.346 e. The first-order valence-corrected chi connectivity index (χ1v) is 7.79. The number of rotatable bonds is 3. The van der Waals surface area contributed by atoms with Gasteiger partial charge in [-0.1, -0.05) is 18.2 Å². The summed E-state index contributed by atoms with van der Waals surface area (Å²) < 4.78 is 13.1. The van der Waals surface area contributed by atoms with Gasteiger partial charge in [0.25, 0.3) is 5.91 Å². The molecule has 2 aromatic rings. The van der Waals surface area contributed by atoms with Crippen molar-refractivity contribution in [1.82, 2.24) is 10.2 Å². The Morgan fingerprint density at radius 1 is 1.32 bits per heavy atom. The SMILES string of the molecule is CN1C(=O)CC(NC(=O)c2cccs2)C1c1ccc(F)cc1. The van der Waals surface area contributed by atoms with E-state index in [4.69, 9.17) is 0 Å². The number of halogens is 1. The lowest BCUT2D eigenvalue weighted by atomic mass is 10.00. The molecule has 2 amide bonds. The number of hydrogen-bond acceptors (Lipinski definition) is 3. The first-order valence-electron chi connectivity index (χ1n) is 6.92. The van der Waals surface area contributed by atoms with E-state index >= 15 is 0 Å². The second-order valence-corrected chi connectivity index (χ2v) is 6.21. The molecule has 4 nitrogen and oxygen atoms in total. The lowest BCUT2D eigenvalue weighted by Gasteiger charge is -2.25. The second-order valence-electron chi connectivity index (χ2n) is 5.26. The number of hydrogen-bond donors (Lipinski definition) is 1. The maximum Gasteiger partial charge on any atom is 0.261 e. The Morgan fingerprint density at radius 3 is 2.68 bits per heavy atom. The molecule has 1 aliphatic rings. The van der Waals surface area contributed by atoms with Gasteiger partial charge in [0.15, 0.2) is 0 Å². The molecule has 0 radical (unpaired) electrons. The Balaban J connectivity index is 1.83. The van der Waals surface area contributed by atoms with E-state index in [9.17, 15) is 14.0 Å². The third-order valence-electron chi connectivity index (χ3n) is 3.86. The highest BCUT2D eigenvalue weighted by Crippen LogP contribution is 2.32. The van der Waals surface area contributed by atoms with Gasteiger partial charge >= 0.3 is 0 Å². The van der Waals surface area contributed by atoms with Crippen LogP contribution in [0.3, 0.4) is 0 Å². The van der Waals surface area contributed by atoms with Gasteiger partial charge < -0.3 is 10.2 Å². The Labute approximate surface area is 131 Å². The number of thiophene rings is 1. The first kappa shape index (κ1) is 14.7. The lowest BCUT2D eigenvalue weighted by molar-refractivity contribution is -0.127. The average molecular weight is 318 g/mol. The molecule has 2 heterocycles. The monoisotopic (exact) mass is 318 g/mol. The molecular weight excluding hydrogens is 303 g/mol. The third-order valence-corrected chi connectivity index (χ3v) is 4.73. The van der Waals surface area contributed by atoms with Crippen LogP contribution in [0.4, 0.5) is 4.39 Å². The topological polar surface area (TPSA) is 49.4 Å². The molecule has 3 rings (SSSR count). The molecule has 0 bridgehead atoms. The normalized spacial score (nSPS) is 21.2. The van der Waals surface area contributed by atoms with Crippen LogP contribution in [0.5, 0.6) is 0 Å². The highest BCUT2D eigenvalue weighted by molar-refractivity contribution is 7.12. The van der Waals surface area contributed by atoms with Crippen LogP contribution in [-0.4, -0.2) is 29.8 Å². The molecule has 1 aromatic carbocycles. The van der Waals surface area contributed by atoms with Gasteiger partial charge in [0.05, 0.1) is 17.0 Å². The average Bonchev–Trinajstić information content (AvgIpc) is 3.11. The van der Waals surface area contributed by atoms with Crippen LogP contribution in [0.25, 0.3) is 0 Å². The Hall–Kier alpha value is -2.21. The quantitative estimate of drug-likeness (QED) is 0.945. The van der Waals surface area contributed by atoms with Crippen molar-refractivity contribution in [3.05, 3.63) is 58.0 Å². The van der Waals surface area contributed by atoms with E-state index in [1.54, 1.807) is 30.1 Å². The zero-order chi connectivity index (χ0) is 15.7. The molecule has 0 spiro atoms. The van der Waals surface area contributed by atoms with E-state index in [1.165, 1.54) is 23.5 Å². The lowest BCUT2D eigenvalue weighted by Crippen LogP contribution is -2.38. The summed E-state index contributed by atoms with van der Waals surface area (Å²) in [7, 11) is 1.70. The zero-order valence-corrected chi connectivity index (χ0v) is 12.8. The van der Waals surface area contributed by atoms with Gasteiger partial charge in [-0.2, -0.15) is 0 Å². The Kier molecular flexibility index (Phi) is 3.94. The van der Waals surface area contributed by atoms with Crippen molar-refractivity contribution in [2.24, 2.45) is 0 Å². The molecule has 1 fully saturated rings. The van der Waals surface area contributed by atoms with Crippen LogP contribution >= 0.6 is 11.3 Å². The van der Waals surface area contributed by atoms with Crippen molar-refractivity contribution in [3.8, 4) is 0 Å². The molecule has 1 aromatic heterocycles. The Morgan fingerprint density at radius 2 is 2.05 bits per heavy atom. The molecular formula is C16H15FN2O2S. The van der Waals surface area contributed by atoms with Gasteiger partial charge in [-0.15, -0.1) is 11.3 Å². The van der Waals surface area contributed by atoms with Crippen LogP contribution in [0, 0.1) is 5.82 Å². The van der Waals surface area contributed by atoms with Crippen molar-refractivity contribution in [2.75, 3.05) is 7.05 Å². The maximum absolute atomic E-state index is 13.1. The summed E-state index contributed by atoms with van der Waals surface area (Å²) in [6.45, 7) is 0. The summed E-state index contributed by atoms with van der Waals surface area (Å²) in [5.41, 5.74) is 0.811. The predicted octanol–water partition coefficient (Wildman–Crippen LogP) is 2.59. The molecule has 1 saturated heterocycles. The minimum absolute atomic E-state index is 0.0363. The summed E-state index contributed by atoms with van der Waals surface area (Å²) in [6.07, 6.45) is 0.246. The van der Waals surface area contributed by atoms with Crippen molar-refractivity contribution >= 4 is 23.2 Å². The Bertz CT molecular complexity index is 685. The van der Waals surface area contributed by atoms with Crippen LogP contribution in [0.1, 0.15) is 27.7 Å². The number of carbonyl (C=O) groups excluding carboxylic acids is 2. The van der Waals surface area contributed by atoms with Crippen molar-refractivity contribution in [1.29, 1.82) is 0 Å². The number of likely N-dealkylation sites (tertiary alicyclic amines) is 1. The summed E-state index contributed by atoms with van der Waals surface area (Å²) in [6, 6.07) is 8.98. The molecule has 22 heavy (non-hydrogen) atoms. The van der Waals surface area contributed by atoms with Crippen molar-refractivity contribution in [3.63, 3.8) is 0 Å².